The second-order valence-corrected chi connectivity index (χ2v) is 6.41. The molecule has 0 saturated carbocycles. The van der Waals surface area contributed by atoms with Crippen molar-refractivity contribution in [2.45, 2.75) is 24.7 Å². The largest absolute Gasteiger partial charge is 0.326 e. The van der Waals surface area contributed by atoms with Gasteiger partial charge in [0, 0.05) is 22.6 Å². The van der Waals surface area contributed by atoms with Gasteiger partial charge in [-0.15, -0.1) is 11.8 Å². The van der Waals surface area contributed by atoms with E-state index in [1.807, 2.05) is 43.3 Å². The Labute approximate surface area is 134 Å². The highest BCUT2D eigenvalue weighted by atomic mass is 32.2. The van der Waals surface area contributed by atoms with Gasteiger partial charge < -0.3 is 5.32 Å². The number of benzene rings is 2. The van der Waals surface area contributed by atoms with Crippen molar-refractivity contribution < 1.29 is 9.59 Å². The van der Waals surface area contributed by atoms with Crippen LogP contribution < -0.4 is 5.32 Å². The normalized spacial score (nSPS) is 13.4. The fourth-order valence-corrected chi connectivity index (χ4v) is 3.43. The molecule has 1 aliphatic rings. The highest BCUT2D eigenvalue weighted by Crippen LogP contribution is 2.26. The first-order valence-corrected chi connectivity index (χ1v) is 8.26. The monoisotopic (exact) mass is 311 g/mol. The third kappa shape index (κ3) is 3.22. The van der Waals surface area contributed by atoms with Crippen molar-refractivity contribution in [3.63, 3.8) is 0 Å². The van der Waals surface area contributed by atoms with E-state index in [-0.39, 0.29) is 11.7 Å². The minimum Gasteiger partial charge on any atom is -0.326 e. The number of Topliss-reactive ketones (excluding diaryl/α,β-unsaturated/α-hetero) is 1. The van der Waals surface area contributed by atoms with Crippen LogP contribution in [0.15, 0.2) is 47.4 Å². The lowest BCUT2D eigenvalue weighted by Gasteiger charge is -2.17. The number of amides is 1. The molecule has 3 nitrogen and oxygen atoms in total. The van der Waals surface area contributed by atoms with Crippen molar-refractivity contribution in [3.05, 3.63) is 59.2 Å². The first-order valence-electron chi connectivity index (χ1n) is 7.28. The number of aryl methyl sites for hydroxylation is 2. The molecular weight excluding hydrogens is 294 g/mol. The zero-order chi connectivity index (χ0) is 15.5. The zero-order valence-electron chi connectivity index (χ0n) is 12.4. The van der Waals surface area contributed by atoms with Crippen LogP contribution in [0.4, 0.5) is 5.69 Å². The third-order valence-electron chi connectivity index (χ3n) is 3.78. The van der Waals surface area contributed by atoms with Gasteiger partial charge in [0.1, 0.15) is 0 Å². The van der Waals surface area contributed by atoms with Gasteiger partial charge in [-0.05, 0) is 48.7 Å². The molecule has 3 rings (SSSR count). The average Bonchev–Trinajstić information content (AvgIpc) is 2.53. The maximum Gasteiger partial charge on any atom is 0.224 e. The highest BCUT2D eigenvalue weighted by Gasteiger charge is 2.16. The molecule has 1 aliphatic heterocycles. The SMILES string of the molecule is Cc1ccccc1SCC(=O)c1ccc2c(c1)CCC(=O)N2. The number of thioether (sulfide) groups is 1. The summed E-state index contributed by atoms with van der Waals surface area (Å²) < 4.78 is 0. The molecule has 1 N–H and O–H groups in total. The summed E-state index contributed by atoms with van der Waals surface area (Å²) in [5, 5.41) is 2.84. The minimum absolute atomic E-state index is 0.0432. The van der Waals surface area contributed by atoms with Gasteiger partial charge in [0.05, 0.1) is 5.75 Å². The summed E-state index contributed by atoms with van der Waals surface area (Å²) in [5.74, 6) is 0.588. The molecule has 4 heteroatoms. The van der Waals surface area contributed by atoms with E-state index in [1.165, 1.54) is 5.56 Å². The molecule has 0 bridgehead atoms. The molecule has 0 radical (unpaired) electrons. The Balaban J connectivity index is 1.70. The molecule has 0 fully saturated rings. The van der Waals surface area contributed by atoms with Crippen LogP contribution in [0.5, 0.6) is 0 Å². The fraction of sp³-hybridized carbons (Fsp3) is 0.222. The van der Waals surface area contributed by atoms with Crippen LogP contribution in [0.3, 0.4) is 0 Å². The van der Waals surface area contributed by atoms with Gasteiger partial charge >= 0.3 is 0 Å². The summed E-state index contributed by atoms with van der Waals surface area (Å²) in [4.78, 5) is 24.9. The molecule has 1 amide bonds. The maximum atomic E-state index is 12.4. The predicted octanol–water partition coefficient (Wildman–Crippen LogP) is 3.85. The smallest absolute Gasteiger partial charge is 0.224 e. The van der Waals surface area contributed by atoms with E-state index in [0.717, 1.165) is 21.7 Å². The Kier molecular flexibility index (Phi) is 4.29. The first kappa shape index (κ1) is 14.9. The second kappa shape index (κ2) is 6.36. The second-order valence-electron chi connectivity index (χ2n) is 5.40. The molecule has 0 aliphatic carbocycles. The number of ketones is 1. The standard InChI is InChI=1S/C18H17NO2S/c1-12-4-2-3-5-17(12)22-11-16(20)14-6-8-15-13(10-14)7-9-18(21)19-15/h2-6,8,10H,7,9,11H2,1H3,(H,19,21). The van der Waals surface area contributed by atoms with Crippen LogP contribution >= 0.6 is 11.8 Å². The van der Waals surface area contributed by atoms with Crippen molar-refractivity contribution >= 4 is 29.1 Å². The number of anilines is 1. The van der Waals surface area contributed by atoms with Crippen LogP contribution in [0.25, 0.3) is 0 Å². The molecule has 0 aromatic heterocycles. The molecule has 0 saturated heterocycles. The molecule has 0 atom stereocenters. The molecule has 1 heterocycles. The molecular formula is C18H17NO2S. The topological polar surface area (TPSA) is 46.2 Å². The van der Waals surface area contributed by atoms with Gasteiger partial charge in [0.25, 0.3) is 0 Å². The number of hydrogen-bond acceptors (Lipinski definition) is 3. The predicted molar refractivity (Wildman–Crippen MR) is 89.6 cm³/mol. The number of fused-ring (bicyclic) bond motifs is 1. The summed E-state index contributed by atoms with van der Waals surface area (Å²) >= 11 is 1.57. The zero-order valence-corrected chi connectivity index (χ0v) is 13.2. The summed E-state index contributed by atoms with van der Waals surface area (Å²) in [6.07, 6.45) is 1.19. The van der Waals surface area contributed by atoms with E-state index in [9.17, 15) is 9.59 Å². The Hall–Kier alpha value is -2.07. The molecule has 2 aromatic carbocycles. The van der Waals surface area contributed by atoms with E-state index < -0.39 is 0 Å². The maximum absolute atomic E-state index is 12.4. The summed E-state index contributed by atoms with van der Waals surface area (Å²) in [6.45, 7) is 2.05. The van der Waals surface area contributed by atoms with Crippen molar-refractivity contribution in [3.8, 4) is 0 Å². The summed E-state index contributed by atoms with van der Waals surface area (Å²) in [7, 11) is 0. The van der Waals surface area contributed by atoms with Crippen LogP contribution in [0.1, 0.15) is 27.9 Å². The Bertz CT molecular complexity index is 740. The number of rotatable bonds is 4. The van der Waals surface area contributed by atoms with Crippen LogP contribution in [-0.4, -0.2) is 17.4 Å². The fourth-order valence-electron chi connectivity index (χ4n) is 2.50. The molecule has 2 aromatic rings. The minimum atomic E-state index is 0.0432. The quantitative estimate of drug-likeness (QED) is 0.689. The van der Waals surface area contributed by atoms with Crippen LogP contribution in [0, 0.1) is 6.92 Å². The van der Waals surface area contributed by atoms with Gasteiger partial charge in [-0.1, -0.05) is 18.2 Å². The first-order chi connectivity index (χ1) is 10.6. The van der Waals surface area contributed by atoms with Gasteiger partial charge in [-0.25, -0.2) is 0 Å². The average molecular weight is 311 g/mol. The van der Waals surface area contributed by atoms with E-state index in [4.69, 9.17) is 0 Å². The van der Waals surface area contributed by atoms with Gasteiger partial charge in [-0.2, -0.15) is 0 Å². The number of carbonyl (C=O) groups is 2. The molecule has 22 heavy (non-hydrogen) atoms. The van der Waals surface area contributed by atoms with E-state index in [0.29, 0.717) is 18.6 Å². The molecule has 0 spiro atoms. The molecule has 0 unspecified atom stereocenters. The highest BCUT2D eigenvalue weighted by molar-refractivity contribution is 8.00. The lowest BCUT2D eigenvalue weighted by Crippen LogP contribution is -2.19. The van der Waals surface area contributed by atoms with E-state index in [2.05, 4.69) is 5.32 Å². The Morgan fingerprint density at radius 3 is 2.82 bits per heavy atom. The van der Waals surface area contributed by atoms with Gasteiger partial charge in [0.2, 0.25) is 5.91 Å². The van der Waals surface area contributed by atoms with E-state index >= 15 is 0 Å². The van der Waals surface area contributed by atoms with E-state index in [1.54, 1.807) is 17.8 Å². The van der Waals surface area contributed by atoms with Crippen molar-refractivity contribution in [1.82, 2.24) is 0 Å². The summed E-state index contributed by atoms with van der Waals surface area (Å²) in [5.41, 5.74) is 3.79. The number of carbonyl (C=O) groups excluding carboxylic acids is 2. The van der Waals surface area contributed by atoms with Crippen molar-refractivity contribution in [2.24, 2.45) is 0 Å². The van der Waals surface area contributed by atoms with Crippen molar-refractivity contribution in [1.29, 1.82) is 0 Å². The lowest BCUT2D eigenvalue weighted by atomic mass is 9.99. The Morgan fingerprint density at radius 1 is 1.18 bits per heavy atom. The number of hydrogen-bond donors (Lipinski definition) is 1. The van der Waals surface area contributed by atoms with Crippen molar-refractivity contribution in [2.75, 3.05) is 11.1 Å². The van der Waals surface area contributed by atoms with Crippen LogP contribution in [0.2, 0.25) is 0 Å². The lowest BCUT2D eigenvalue weighted by molar-refractivity contribution is -0.116. The third-order valence-corrected chi connectivity index (χ3v) is 4.95. The molecule has 112 valence electrons. The van der Waals surface area contributed by atoms with Crippen LogP contribution in [-0.2, 0) is 11.2 Å². The summed E-state index contributed by atoms with van der Waals surface area (Å²) in [6, 6.07) is 13.6. The van der Waals surface area contributed by atoms with Gasteiger partial charge in [0.15, 0.2) is 5.78 Å². The number of nitrogens with one attached hydrogen (secondary N) is 1. The Morgan fingerprint density at radius 2 is 2.00 bits per heavy atom. The van der Waals surface area contributed by atoms with Gasteiger partial charge in [-0.3, -0.25) is 9.59 Å².